The second-order valence-corrected chi connectivity index (χ2v) is 7.09. The van der Waals surface area contributed by atoms with Crippen molar-refractivity contribution in [2.75, 3.05) is 51.8 Å². The summed E-state index contributed by atoms with van der Waals surface area (Å²) in [7, 11) is 1.23. The van der Waals surface area contributed by atoms with Crippen LogP contribution in [0.5, 0.6) is 0 Å². The van der Waals surface area contributed by atoms with Crippen molar-refractivity contribution in [3.63, 3.8) is 0 Å². The predicted molar refractivity (Wildman–Crippen MR) is 115 cm³/mol. The molecule has 0 atom stereocenters. The lowest BCUT2D eigenvalue weighted by Gasteiger charge is -2.26. The van der Waals surface area contributed by atoms with E-state index in [1.807, 2.05) is 0 Å². The van der Waals surface area contributed by atoms with E-state index in [1.165, 1.54) is 37.4 Å². The number of hydrogen-bond acceptors (Lipinski definition) is 8. The van der Waals surface area contributed by atoms with Gasteiger partial charge in [-0.2, -0.15) is 0 Å². The highest BCUT2D eigenvalue weighted by molar-refractivity contribution is 6.14. The van der Waals surface area contributed by atoms with Gasteiger partial charge in [0.1, 0.15) is 5.69 Å². The minimum Gasteiger partial charge on any atom is -0.465 e. The number of carbonyl (C=O) groups is 2. The molecule has 0 spiro atoms. The number of rotatable bonds is 9. The van der Waals surface area contributed by atoms with Gasteiger partial charge in [-0.05, 0) is 31.2 Å². The third kappa shape index (κ3) is 5.65. The lowest BCUT2D eigenvalue weighted by Crippen LogP contribution is -2.37. The predicted octanol–water partition coefficient (Wildman–Crippen LogP) is 2.75. The first kappa shape index (κ1) is 22.4. The molecule has 0 radical (unpaired) electrons. The van der Waals surface area contributed by atoms with Crippen LogP contribution < -0.4 is 5.32 Å². The van der Waals surface area contributed by atoms with Gasteiger partial charge in [-0.15, -0.1) is 0 Å². The van der Waals surface area contributed by atoms with E-state index in [9.17, 15) is 19.7 Å². The number of nitrogens with zero attached hydrogens (tertiary/aromatic N) is 2. The number of nitrogens with one attached hydrogen (secondary N) is 1. The molecule has 0 unspecified atom stereocenters. The second kappa shape index (κ2) is 10.6. The lowest BCUT2D eigenvalue weighted by molar-refractivity contribution is -0.384. The summed E-state index contributed by atoms with van der Waals surface area (Å²) in [5, 5.41) is 14.7. The first-order chi connectivity index (χ1) is 15.0. The molecule has 9 nitrogen and oxygen atoms in total. The molecule has 2 aromatic rings. The Morgan fingerprint density at radius 2 is 1.87 bits per heavy atom. The fourth-order valence-electron chi connectivity index (χ4n) is 3.45. The van der Waals surface area contributed by atoms with Gasteiger partial charge in [0, 0.05) is 36.8 Å². The molecule has 0 saturated carbocycles. The van der Waals surface area contributed by atoms with Crippen molar-refractivity contribution in [2.45, 2.75) is 6.42 Å². The van der Waals surface area contributed by atoms with Gasteiger partial charge in [0.05, 0.1) is 30.8 Å². The Morgan fingerprint density at radius 3 is 2.55 bits per heavy atom. The number of nitro benzene ring substituents is 1. The summed E-state index contributed by atoms with van der Waals surface area (Å²) >= 11 is 0. The molecule has 9 heteroatoms. The zero-order valence-electron chi connectivity index (χ0n) is 17.3. The maximum Gasteiger partial charge on any atom is 0.338 e. The number of morpholine rings is 1. The summed E-state index contributed by atoms with van der Waals surface area (Å²) in [4.78, 5) is 38.3. The van der Waals surface area contributed by atoms with E-state index in [0.29, 0.717) is 12.2 Å². The van der Waals surface area contributed by atoms with E-state index < -0.39 is 16.7 Å². The number of ketones is 1. The van der Waals surface area contributed by atoms with Gasteiger partial charge in [-0.3, -0.25) is 19.8 Å². The van der Waals surface area contributed by atoms with Crippen molar-refractivity contribution in [1.29, 1.82) is 0 Å². The lowest BCUT2D eigenvalue weighted by atomic mass is 9.97. The molecule has 0 aromatic heterocycles. The first-order valence-corrected chi connectivity index (χ1v) is 10.1. The number of hydrogen-bond donors (Lipinski definition) is 1. The average molecular weight is 427 g/mol. The van der Waals surface area contributed by atoms with E-state index in [0.717, 1.165) is 39.3 Å². The quantitative estimate of drug-likeness (QED) is 0.214. The van der Waals surface area contributed by atoms with Crippen LogP contribution in [0.4, 0.5) is 11.4 Å². The van der Waals surface area contributed by atoms with Gasteiger partial charge in [0.25, 0.3) is 5.69 Å². The summed E-state index contributed by atoms with van der Waals surface area (Å²) in [6.45, 7) is 4.69. The van der Waals surface area contributed by atoms with Crippen LogP contribution in [0.2, 0.25) is 0 Å². The summed E-state index contributed by atoms with van der Waals surface area (Å²) in [5.41, 5.74) is 0.539. The Bertz CT molecular complexity index is 956. The summed E-state index contributed by atoms with van der Waals surface area (Å²) < 4.78 is 10.0. The highest BCUT2D eigenvalue weighted by Crippen LogP contribution is 2.27. The first-order valence-electron chi connectivity index (χ1n) is 10.1. The van der Waals surface area contributed by atoms with Crippen molar-refractivity contribution in [1.82, 2.24) is 4.90 Å². The summed E-state index contributed by atoms with van der Waals surface area (Å²) in [6, 6.07) is 10.5. The van der Waals surface area contributed by atoms with Crippen molar-refractivity contribution >= 4 is 23.1 Å². The molecular weight excluding hydrogens is 402 g/mol. The molecule has 0 amide bonds. The molecule has 2 aromatic carbocycles. The molecule has 1 N–H and O–H groups in total. The fourth-order valence-corrected chi connectivity index (χ4v) is 3.45. The molecule has 3 rings (SSSR count). The van der Waals surface area contributed by atoms with E-state index in [1.54, 1.807) is 12.1 Å². The number of carbonyl (C=O) groups excluding carboxylic acids is 2. The van der Waals surface area contributed by atoms with Crippen LogP contribution in [0.1, 0.15) is 32.7 Å². The number of ether oxygens (including phenoxy) is 2. The van der Waals surface area contributed by atoms with Gasteiger partial charge in [-0.25, -0.2) is 4.79 Å². The number of esters is 1. The standard InChI is InChI=1S/C22H25N3O6/c1-30-22(27)18-6-3-2-5-17(18)21(26)16-7-8-19(20(15-16)25(28)29)23-9-4-10-24-11-13-31-14-12-24/h2-3,5-8,15,23H,4,9-14H2,1H3. The molecule has 1 aliphatic heterocycles. The zero-order chi connectivity index (χ0) is 22.2. The Kier molecular flexibility index (Phi) is 7.69. The highest BCUT2D eigenvalue weighted by atomic mass is 16.6. The fraction of sp³-hybridized carbons (Fsp3) is 0.364. The number of anilines is 1. The monoisotopic (exact) mass is 427 g/mol. The van der Waals surface area contributed by atoms with Crippen molar-refractivity contribution in [3.05, 3.63) is 69.3 Å². The van der Waals surface area contributed by atoms with Crippen LogP contribution in [0.25, 0.3) is 0 Å². The minimum absolute atomic E-state index is 0.114. The van der Waals surface area contributed by atoms with E-state index in [-0.39, 0.29) is 22.4 Å². The van der Waals surface area contributed by atoms with Gasteiger partial charge in [0.2, 0.25) is 0 Å². The number of nitro groups is 1. The second-order valence-electron chi connectivity index (χ2n) is 7.09. The zero-order valence-corrected chi connectivity index (χ0v) is 17.3. The van der Waals surface area contributed by atoms with Crippen LogP contribution in [0.15, 0.2) is 42.5 Å². The Morgan fingerprint density at radius 1 is 1.16 bits per heavy atom. The van der Waals surface area contributed by atoms with E-state index in [2.05, 4.69) is 10.2 Å². The highest BCUT2D eigenvalue weighted by Gasteiger charge is 2.22. The van der Waals surface area contributed by atoms with Crippen LogP contribution in [0.3, 0.4) is 0 Å². The van der Waals surface area contributed by atoms with Gasteiger partial charge in [-0.1, -0.05) is 18.2 Å². The van der Waals surface area contributed by atoms with E-state index in [4.69, 9.17) is 9.47 Å². The number of benzene rings is 2. The normalized spacial score (nSPS) is 14.1. The molecule has 1 fully saturated rings. The molecule has 31 heavy (non-hydrogen) atoms. The Labute approximate surface area is 180 Å². The maximum absolute atomic E-state index is 12.9. The Balaban J connectivity index is 1.72. The SMILES string of the molecule is COC(=O)c1ccccc1C(=O)c1ccc(NCCCN2CCOCC2)c([N+](=O)[O-])c1. The molecule has 164 valence electrons. The van der Waals surface area contributed by atoms with Crippen LogP contribution in [-0.2, 0) is 9.47 Å². The van der Waals surface area contributed by atoms with Crippen molar-refractivity contribution < 1.29 is 24.0 Å². The van der Waals surface area contributed by atoms with E-state index >= 15 is 0 Å². The van der Waals surface area contributed by atoms with Crippen LogP contribution in [0, 0.1) is 10.1 Å². The van der Waals surface area contributed by atoms with Crippen molar-refractivity contribution in [3.8, 4) is 0 Å². The molecule has 1 saturated heterocycles. The van der Waals surface area contributed by atoms with Crippen LogP contribution in [-0.4, -0.2) is 68.1 Å². The number of methoxy groups -OCH3 is 1. The minimum atomic E-state index is -0.642. The van der Waals surface area contributed by atoms with Crippen molar-refractivity contribution in [2.24, 2.45) is 0 Å². The van der Waals surface area contributed by atoms with Gasteiger partial charge < -0.3 is 14.8 Å². The Hall–Kier alpha value is -3.30. The molecular formula is C22H25N3O6. The topological polar surface area (TPSA) is 111 Å². The molecule has 1 aliphatic rings. The van der Waals surface area contributed by atoms with Crippen LogP contribution >= 0.6 is 0 Å². The van der Waals surface area contributed by atoms with Gasteiger partial charge >= 0.3 is 5.97 Å². The third-order valence-corrected chi connectivity index (χ3v) is 5.10. The summed E-state index contributed by atoms with van der Waals surface area (Å²) in [6.07, 6.45) is 0.824. The molecule has 1 heterocycles. The molecule has 0 bridgehead atoms. The average Bonchev–Trinajstić information content (AvgIpc) is 2.81. The molecule has 0 aliphatic carbocycles. The third-order valence-electron chi connectivity index (χ3n) is 5.10. The smallest absolute Gasteiger partial charge is 0.338 e. The largest absolute Gasteiger partial charge is 0.465 e. The van der Waals surface area contributed by atoms with Gasteiger partial charge in [0.15, 0.2) is 5.78 Å². The summed E-state index contributed by atoms with van der Waals surface area (Å²) in [5.74, 6) is -1.13. The maximum atomic E-state index is 12.9.